The number of phosphoric acid groups is 1. The average molecular weight is 859 g/mol. The Bertz CT molecular complexity index is 1280. The summed E-state index contributed by atoms with van der Waals surface area (Å²) in [6.45, 7) is 1.81. The maximum absolute atomic E-state index is 12.6. The summed E-state index contributed by atoms with van der Waals surface area (Å²) in [6.07, 6.45) is 28.1. The van der Waals surface area contributed by atoms with Gasteiger partial charge in [0, 0.05) is 25.2 Å². The number of hydrogen-bond donors (Lipinski definition) is 6. The van der Waals surface area contributed by atoms with Crippen molar-refractivity contribution in [3.8, 4) is 0 Å². The minimum Gasteiger partial charge on any atom is -0.462 e. The van der Waals surface area contributed by atoms with Gasteiger partial charge in [-0.15, -0.1) is 0 Å². The van der Waals surface area contributed by atoms with Crippen molar-refractivity contribution in [3.63, 3.8) is 0 Å². The number of carbonyl (C=O) groups is 2. The number of carbonyl (C=O) groups excluding carboxylic acids is 2. The molecule has 0 aromatic heterocycles. The lowest BCUT2D eigenvalue weighted by Gasteiger charge is -2.36. The zero-order valence-electron chi connectivity index (χ0n) is 35.5. The molecule has 1 saturated heterocycles. The fraction of sp³-hybridized carbons (Fsp3) is 0.727. The Labute approximate surface area is 352 Å². The second-order valence-corrected chi connectivity index (χ2v) is 16.3. The number of allylic oxidation sites excluding steroid dienone is 8. The molecule has 0 aromatic carbocycles. The predicted molar refractivity (Wildman–Crippen MR) is 227 cm³/mol. The molecule has 0 saturated carbocycles. The molecule has 1 rings (SSSR count). The van der Waals surface area contributed by atoms with E-state index in [0.717, 1.165) is 70.6 Å². The first kappa shape index (κ1) is 54.5. The van der Waals surface area contributed by atoms with Crippen LogP contribution in [-0.2, 0) is 37.4 Å². The third-order valence-corrected chi connectivity index (χ3v) is 10.4. The molecule has 0 radical (unpaired) electrons. The van der Waals surface area contributed by atoms with Crippen molar-refractivity contribution in [2.75, 3.05) is 26.4 Å². The Hall–Kier alpha value is -2.49. The van der Waals surface area contributed by atoms with E-state index in [-0.39, 0.29) is 25.2 Å². The van der Waals surface area contributed by atoms with Gasteiger partial charge in [-0.2, -0.15) is 0 Å². The molecule has 1 heterocycles. The molecule has 2 unspecified atom stereocenters. The van der Waals surface area contributed by atoms with Gasteiger partial charge in [0.1, 0.15) is 12.7 Å². The van der Waals surface area contributed by atoms with E-state index >= 15 is 0 Å². The number of phosphoric ester groups is 1. The van der Waals surface area contributed by atoms with E-state index in [1.165, 1.54) is 0 Å². The highest BCUT2D eigenvalue weighted by atomic mass is 31.2. The van der Waals surface area contributed by atoms with Crippen molar-refractivity contribution < 1.29 is 67.8 Å². The highest BCUT2D eigenvalue weighted by molar-refractivity contribution is 7.47. The third kappa shape index (κ3) is 30.2. The molecule has 8 atom stereocenters. The molecule has 1 aliphatic heterocycles. The quantitative estimate of drug-likeness (QED) is 0.0161. The van der Waals surface area contributed by atoms with Gasteiger partial charge < -0.3 is 44.6 Å². The Balaban J connectivity index is 2.53. The molecule has 0 bridgehead atoms. The van der Waals surface area contributed by atoms with Crippen LogP contribution < -0.4 is 0 Å². The van der Waals surface area contributed by atoms with Crippen LogP contribution in [-0.4, -0.2) is 106 Å². The number of ether oxygens (including phenoxy) is 3. The van der Waals surface area contributed by atoms with E-state index in [4.69, 9.17) is 23.8 Å². The summed E-state index contributed by atoms with van der Waals surface area (Å²) in [5.74, 6) is -1.48. The van der Waals surface area contributed by atoms with Crippen molar-refractivity contribution >= 4 is 19.8 Å². The van der Waals surface area contributed by atoms with Gasteiger partial charge in [0.2, 0.25) is 0 Å². The predicted octanol–water partition coefficient (Wildman–Crippen LogP) is 7.22. The molecule has 1 fully saturated rings. The van der Waals surface area contributed by atoms with Crippen molar-refractivity contribution in [1.82, 2.24) is 0 Å². The van der Waals surface area contributed by atoms with Crippen LogP contribution in [0, 0.1) is 5.92 Å². The van der Waals surface area contributed by atoms with Crippen LogP contribution in [0.25, 0.3) is 0 Å². The van der Waals surface area contributed by atoms with Crippen LogP contribution in [0.5, 0.6) is 0 Å². The summed E-state index contributed by atoms with van der Waals surface area (Å²) in [5.41, 5.74) is 0. The number of rotatable bonds is 35. The zero-order valence-corrected chi connectivity index (χ0v) is 36.4. The molecule has 0 amide bonds. The lowest BCUT2D eigenvalue weighted by atomic mass is 9.87. The Kier molecular flexibility index (Phi) is 32.5. The second-order valence-electron chi connectivity index (χ2n) is 14.9. The van der Waals surface area contributed by atoms with E-state index in [0.29, 0.717) is 32.1 Å². The van der Waals surface area contributed by atoms with Crippen LogP contribution in [0.1, 0.15) is 136 Å². The van der Waals surface area contributed by atoms with Crippen LogP contribution in [0.3, 0.4) is 0 Å². The standard InChI is InChI=1S/C44H75O14P/c1-3-5-7-8-9-10-11-12-13-14-15-16-17-18-24-28-43(50)57-38(35-56-59(52,53)55-33-37(47)32-45)34-54-42(49)27-23-20-19-22-26-39-40(48)31-44(51)58-41(39)30-29-36(46)25-21-6-4-2/h5,7,9-10,12-13,19,22,29-30,36-41,44-48,51H,3-4,6,8,11,14-18,20-21,23-28,31-35H2,1-2H3,(H,52,53)/b7-5-,10-9-,13-12-,22-19-,30-29+/t36-,37-,38+,39-,40-,41+,44?/m0/s1. The first-order chi connectivity index (χ1) is 28.4. The monoisotopic (exact) mass is 858 g/mol. The number of aliphatic hydroxyl groups excluding tert-OH is 5. The SMILES string of the molecule is CC/C=C\C/C=C\C/C=C\CCCCCCCC(=O)O[C@H](COC(=O)CCC/C=C\C[C@H]1[C@@H](O)CC(O)O[C@@H]1/C=C/[C@@H](O)CCCCC)COP(=O)(O)OC[C@@H](O)CO. The van der Waals surface area contributed by atoms with Crippen LogP contribution in [0.2, 0.25) is 0 Å². The van der Waals surface area contributed by atoms with Gasteiger partial charge in [-0.05, 0) is 64.2 Å². The van der Waals surface area contributed by atoms with Crippen LogP contribution in [0.4, 0.5) is 0 Å². The van der Waals surface area contributed by atoms with E-state index in [9.17, 15) is 39.5 Å². The van der Waals surface area contributed by atoms with Crippen molar-refractivity contribution in [2.45, 2.75) is 173 Å². The van der Waals surface area contributed by atoms with Gasteiger partial charge in [-0.1, -0.05) is 113 Å². The first-order valence-corrected chi connectivity index (χ1v) is 23.1. The zero-order chi connectivity index (χ0) is 43.6. The fourth-order valence-corrected chi connectivity index (χ4v) is 6.84. The number of esters is 2. The van der Waals surface area contributed by atoms with Crippen LogP contribution in [0.15, 0.2) is 60.8 Å². The molecular weight excluding hydrogens is 783 g/mol. The number of aliphatic hydroxyl groups is 5. The summed E-state index contributed by atoms with van der Waals surface area (Å²) < 4.78 is 38.3. The summed E-state index contributed by atoms with van der Waals surface area (Å²) in [5, 5.41) is 49.3. The van der Waals surface area contributed by atoms with Crippen molar-refractivity contribution in [2.24, 2.45) is 5.92 Å². The molecule has 0 aromatic rings. The van der Waals surface area contributed by atoms with Crippen molar-refractivity contribution in [1.29, 1.82) is 0 Å². The van der Waals surface area contributed by atoms with Gasteiger partial charge in [0.05, 0.1) is 38.1 Å². The molecule has 6 N–H and O–H groups in total. The maximum atomic E-state index is 12.6. The second kappa shape index (κ2) is 35.1. The molecule has 340 valence electrons. The molecule has 1 aliphatic rings. The summed E-state index contributed by atoms with van der Waals surface area (Å²) >= 11 is 0. The minimum atomic E-state index is -4.69. The fourth-order valence-electron chi connectivity index (χ4n) is 6.05. The summed E-state index contributed by atoms with van der Waals surface area (Å²) in [7, 11) is -4.69. The maximum Gasteiger partial charge on any atom is 0.472 e. The van der Waals surface area contributed by atoms with Crippen molar-refractivity contribution in [3.05, 3.63) is 60.8 Å². The minimum absolute atomic E-state index is 0.0406. The summed E-state index contributed by atoms with van der Waals surface area (Å²) in [4.78, 5) is 35.2. The van der Waals surface area contributed by atoms with Gasteiger partial charge in [-0.25, -0.2) is 4.57 Å². The van der Waals surface area contributed by atoms with E-state index < -0.39 is 83.0 Å². The smallest absolute Gasteiger partial charge is 0.462 e. The van der Waals surface area contributed by atoms with E-state index in [1.807, 2.05) is 12.2 Å². The number of unbranched alkanes of at least 4 members (excludes halogenated alkanes) is 8. The largest absolute Gasteiger partial charge is 0.472 e. The normalized spacial score (nSPS) is 21.5. The lowest BCUT2D eigenvalue weighted by molar-refractivity contribution is -0.199. The van der Waals surface area contributed by atoms with Crippen LogP contribution >= 0.6 is 7.82 Å². The first-order valence-electron chi connectivity index (χ1n) is 21.6. The number of hydrogen-bond acceptors (Lipinski definition) is 13. The highest BCUT2D eigenvalue weighted by Crippen LogP contribution is 2.43. The Morgan fingerprint density at radius 2 is 1.42 bits per heavy atom. The molecule has 15 heteroatoms. The lowest BCUT2D eigenvalue weighted by Crippen LogP contribution is -2.43. The summed E-state index contributed by atoms with van der Waals surface area (Å²) in [6, 6.07) is 0. The Morgan fingerprint density at radius 1 is 0.780 bits per heavy atom. The molecule has 59 heavy (non-hydrogen) atoms. The molecule has 0 spiro atoms. The van der Waals surface area contributed by atoms with Gasteiger partial charge >= 0.3 is 19.8 Å². The Morgan fingerprint density at radius 3 is 2.15 bits per heavy atom. The van der Waals surface area contributed by atoms with Gasteiger partial charge in [-0.3, -0.25) is 18.6 Å². The molecule has 14 nitrogen and oxygen atoms in total. The molecular formula is C44H75O14P. The third-order valence-electron chi connectivity index (χ3n) is 9.45. The van der Waals surface area contributed by atoms with Gasteiger partial charge in [0.25, 0.3) is 0 Å². The average Bonchev–Trinajstić information content (AvgIpc) is 3.20. The highest BCUT2D eigenvalue weighted by Gasteiger charge is 2.35. The van der Waals surface area contributed by atoms with E-state index in [2.05, 4.69) is 54.8 Å². The molecule has 0 aliphatic carbocycles. The topological polar surface area (TPSA) is 219 Å². The van der Waals surface area contributed by atoms with E-state index in [1.54, 1.807) is 12.2 Å². The van der Waals surface area contributed by atoms with Gasteiger partial charge in [0.15, 0.2) is 12.4 Å².